The molecule has 1 aliphatic rings. The number of hydrogen-bond donors (Lipinski definition) is 0. The minimum absolute atomic E-state index is 0.195. The molecule has 0 saturated carbocycles. The van der Waals surface area contributed by atoms with Crippen molar-refractivity contribution in [2.45, 2.75) is 32.4 Å². The van der Waals surface area contributed by atoms with Crippen molar-refractivity contribution >= 4 is 5.91 Å². The van der Waals surface area contributed by atoms with Gasteiger partial charge in [-0.3, -0.25) is 4.79 Å². The Morgan fingerprint density at radius 1 is 1.44 bits per heavy atom. The predicted octanol–water partition coefficient (Wildman–Crippen LogP) is 3.31. The zero-order valence-corrected chi connectivity index (χ0v) is 10.8. The summed E-state index contributed by atoms with van der Waals surface area (Å²) in [5.41, 5.74) is 2.33. The van der Waals surface area contributed by atoms with E-state index in [1.807, 2.05) is 42.2 Å². The molecule has 1 unspecified atom stereocenters. The highest BCUT2D eigenvalue weighted by atomic mass is 16.2. The third kappa shape index (κ3) is 2.53. The van der Waals surface area contributed by atoms with Gasteiger partial charge in [-0.1, -0.05) is 49.1 Å². The molecule has 94 valence electrons. The lowest BCUT2D eigenvalue weighted by molar-refractivity contribution is -0.129. The van der Waals surface area contributed by atoms with Gasteiger partial charge in [-0.05, 0) is 24.5 Å². The van der Waals surface area contributed by atoms with E-state index in [0.29, 0.717) is 13.0 Å². The van der Waals surface area contributed by atoms with Gasteiger partial charge >= 0.3 is 0 Å². The van der Waals surface area contributed by atoms with Gasteiger partial charge in [-0.2, -0.15) is 0 Å². The molecule has 1 aromatic carbocycles. The van der Waals surface area contributed by atoms with Crippen molar-refractivity contribution in [3.8, 4) is 0 Å². The summed E-state index contributed by atoms with van der Waals surface area (Å²) in [5.74, 6) is 0.241. The van der Waals surface area contributed by atoms with Crippen LogP contribution in [0.25, 0.3) is 0 Å². The Bertz CT molecular complexity index is 461. The lowest BCUT2D eigenvalue weighted by Crippen LogP contribution is -2.33. The molecule has 1 aliphatic heterocycles. The second-order valence-corrected chi connectivity index (χ2v) is 4.55. The molecule has 0 N–H and O–H groups in total. The first-order valence-electron chi connectivity index (χ1n) is 6.38. The molecule has 0 aromatic heterocycles. The quantitative estimate of drug-likeness (QED) is 0.741. The molecule has 1 saturated heterocycles. The Hall–Kier alpha value is -1.83. The summed E-state index contributed by atoms with van der Waals surface area (Å²) < 4.78 is 0. The number of carbonyl (C=O) groups is 1. The van der Waals surface area contributed by atoms with Crippen molar-refractivity contribution in [3.63, 3.8) is 0 Å². The van der Waals surface area contributed by atoms with Gasteiger partial charge in [0.05, 0.1) is 6.04 Å². The molecular weight excluding hydrogens is 222 g/mol. The highest BCUT2D eigenvalue weighted by molar-refractivity contribution is 5.79. The van der Waals surface area contributed by atoms with Crippen LogP contribution >= 0.6 is 0 Å². The van der Waals surface area contributed by atoms with Gasteiger partial charge in [0.2, 0.25) is 5.91 Å². The highest BCUT2D eigenvalue weighted by Gasteiger charge is 2.31. The SMILES string of the molecule is C=C/C(=C/C)C1CCC(=O)N1Cc1ccccc1. The lowest BCUT2D eigenvalue weighted by Gasteiger charge is -2.26. The number of carbonyl (C=O) groups excluding carboxylic acids is 1. The first kappa shape index (κ1) is 12.6. The smallest absolute Gasteiger partial charge is 0.223 e. The van der Waals surface area contributed by atoms with Crippen molar-refractivity contribution < 1.29 is 4.79 Å². The number of rotatable bonds is 4. The summed E-state index contributed by atoms with van der Waals surface area (Å²) in [4.78, 5) is 14.0. The van der Waals surface area contributed by atoms with Crippen LogP contribution in [0.4, 0.5) is 0 Å². The maximum absolute atomic E-state index is 12.0. The fourth-order valence-corrected chi connectivity index (χ4v) is 2.50. The van der Waals surface area contributed by atoms with Gasteiger partial charge in [-0.15, -0.1) is 0 Å². The minimum atomic E-state index is 0.195. The summed E-state index contributed by atoms with van der Waals surface area (Å²) in [7, 11) is 0. The predicted molar refractivity (Wildman–Crippen MR) is 74.0 cm³/mol. The number of nitrogens with zero attached hydrogens (tertiary/aromatic N) is 1. The molecule has 1 atom stereocenters. The molecule has 0 bridgehead atoms. The molecule has 2 rings (SSSR count). The summed E-state index contributed by atoms with van der Waals surface area (Å²) in [6.07, 6.45) is 5.45. The van der Waals surface area contributed by atoms with Crippen LogP contribution in [0.15, 0.2) is 54.6 Å². The fraction of sp³-hybridized carbons (Fsp3) is 0.312. The third-order valence-electron chi connectivity index (χ3n) is 3.48. The zero-order valence-electron chi connectivity index (χ0n) is 10.8. The zero-order chi connectivity index (χ0) is 13.0. The van der Waals surface area contributed by atoms with Crippen LogP contribution < -0.4 is 0 Å². The van der Waals surface area contributed by atoms with Crippen LogP contribution in [0.5, 0.6) is 0 Å². The van der Waals surface area contributed by atoms with Gasteiger partial charge in [-0.25, -0.2) is 0 Å². The summed E-state index contributed by atoms with van der Waals surface area (Å²) in [5, 5.41) is 0. The lowest BCUT2D eigenvalue weighted by atomic mass is 10.0. The van der Waals surface area contributed by atoms with Gasteiger partial charge in [0.25, 0.3) is 0 Å². The Balaban J connectivity index is 2.18. The maximum atomic E-state index is 12.0. The second kappa shape index (κ2) is 5.67. The number of amides is 1. The largest absolute Gasteiger partial charge is 0.331 e. The van der Waals surface area contributed by atoms with Crippen LogP contribution in [-0.4, -0.2) is 16.8 Å². The van der Waals surface area contributed by atoms with E-state index in [4.69, 9.17) is 0 Å². The van der Waals surface area contributed by atoms with E-state index < -0.39 is 0 Å². The first-order valence-corrected chi connectivity index (χ1v) is 6.38. The minimum Gasteiger partial charge on any atom is -0.331 e. The topological polar surface area (TPSA) is 20.3 Å². The molecule has 1 heterocycles. The van der Waals surface area contributed by atoms with Crippen LogP contribution in [0, 0.1) is 0 Å². The molecule has 0 spiro atoms. The normalized spacial score (nSPS) is 20.3. The molecule has 1 amide bonds. The van der Waals surface area contributed by atoms with Crippen molar-refractivity contribution in [3.05, 3.63) is 60.2 Å². The molecule has 1 aromatic rings. The van der Waals surface area contributed by atoms with E-state index in [2.05, 4.69) is 18.7 Å². The number of hydrogen-bond acceptors (Lipinski definition) is 1. The maximum Gasteiger partial charge on any atom is 0.223 e. The first-order chi connectivity index (χ1) is 8.76. The standard InChI is InChI=1S/C16H19NO/c1-3-14(4-2)15-10-11-16(18)17(15)12-13-8-6-5-7-9-13/h3-9,15H,1,10-12H2,2H3/b14-4-. The molecule has 18 heavy (non-hydrogen) atoms. The summed E-state index contributed by atoms with van der Waals surface area (Å²) in [6.45, 7) is 6.53. The Morgan fingerprint density at radius 2 is 2.17 bits per heavy atom. The number of benzene rings is 1. The molecule has 0 aliphatic carbocycles. The second-order valence-electron chi connectivity index (χ2n) is 4.55. The fourth-order valence-electron chi connectivity index (χ4n) is 2.50. The molecule has 2 heteroatoms. The van der Waals surface area contributed by atoms with Crippen LogP contribution in [0.1, 0.15) is 25.3 Å². The Kier molecular flexibility index (Phi) is 3.98. The molecule has 1 fully saturated rings. The van der Waals surface area contributed by atoms with E-state index in [1.165, 1.54) is 5.56 Å². The highest BCUT2D eigenvalue weighted by Crippen LogP contribution is 2.27. The van der Waals surface area contributed by atoms with Crippen molar-refractivity contribution in [1.82, 2.24) is 4.90 Å². The van der Waals surface area contributed by atoms with E-state index in [1.54, 1.807) is 0 Å². The van der Waals surface area contributed by atoms with E-state index >= 15 is 0 Å². The van der Waals surface area contributed by atoms with Gasteiger partial charge in [0.15, 0.2) is 0 Å². The molecule has 2 nitrogen and oxygen atoms in total. The van der Waals surface area contributed by atoms with Gasteiger partial charge in [0, 0.05) is 13.0 Å². The summed E-state index contributed by atoms with van der Waals surface area (Å²) in [6, 6.07) is 10.3. The van der Waals surface area contributed by atoms with Crippen molar-refractivity contribution in [2.75, 3.05) is 0 Å². The monoisotopic (exact) mass is 241 g/mol. The van der Waals surface area contributed by atoms with Crippen molar-refractivity contribution in [2.24, 2.45) is 0 Å². The molecular formula is C16H19NO. The Labute approximate surface area is 109 Å². The number of allylic oxidation sites excluding steroid dienone is 1. The van der Waals surface area contributed by atoms with E-state index in [9.17, 15) is 4.79 Å². The Morgan fingerprint density at radius 3 is 2.78 bits per heavy atom. The van der Waals surface area contributed by atoms with Crippen molar-refractivity contribution in [1.29, 1.82) is 0 Å². The molecule has 0 radical (unpaired) electrons. The average molecular weight is 241 g/mol. The van der Waals surface area contributed by atoms with Gasteiger partial charge in [0.1, 0.15) is 0 Å². The third-order valence-corrected chi connectivity index (χ3v) is 3.48. The number of likely N-dealkylation sites (tertiary alicyclic amines) is 1. The van der Waals surface area contributed by atoms with Crippen LogP contribution in [0.2, 0.25) is 0 Å². The van der Waals surface area contributed by atoms with Crippen LogP contribution in [-0.2, 0) is 11.3 Å². The summed E-state index contributed by atoms with van der Waals surface area (Å²) >= 11 is 0. The average Bonchev–Trinajstić information content (AvgIpc) is 2.75. The van der Waals surface area contributed by atoms with Crippen LogP contribution in [0.3, 0.4) is 0 Å². The van der Waals surface area contributed by atoms with Gasteiger partial charge < -0.3 is 4.90 Å². The van der Waals surface area contributed by atoms with E-state index in [0.717, 1.165) is 12.0 Å². The van der Waals surface area contributed by atoms with E-state index in [-0.39, 0.29) is 11.9 Å².